The molecule has 8 heavy (non-hydrogen) atoms. The Morgan fingerprint density at radius 2 is 2.12 bits per heavy atom. The fourth-order valence-electron chi connectivity index (χ4n) is 0.660. The summed E-state index contributed by atoms with van der Waals surface area (Å²) in [4.78, 5) is 9.19. The second-order valence-corrected chi connectivity index (χ2v) is 1.86. The molecular weight excluding hydrogens is 106 g/mol. The Kier molecular flexibility index (Phi) is 2.88. The molecule has 1 aliphatic rings. The Labute approximate surface area is 48.9 Å². The van der Waals surface area contributed by atoms with Crippen molar-refractivity contribution in [3.8, 4) is 0 Å². The third kappa shape index (κ3) is 2.26. The minimum Gasteiger partial charge on any atom is -0.218 e. The zero-order valence-corrected chi connectivity index (χ0v) is 4.85. The maximum absolute atomic E-state index is 4.66. The van der Waals surface area contributed by atoms with Crippen LogP contribution in [0, 0.1) is 0 Å². The molecule has 1 N–H and O–H groups in total. The highest BCUT2D eigenvalue weighted by atomic mass is 17.3. The number of hydrogen-bond acceptors (Lipinski definition) is 3. The van der Waals surface area contributed by atoms with Gasteiger partial charge in [-0.1, -0.05) is 0 Å². The van der Waals surface area contributed by atoms with Gasteiger partial charge in [0.05, 0.1) is 6.61 Å². The van der Waals surface area contributed by atoms with Gasteiger partial charge in [-0.05, 0) is 19.3 Å². The van der Waals surface area contributed by atoms with E-state index < -0.39 is 0 Å². The molecule has 0 saturated carbocycles. The van der Waals surface area contributed by atoms with Gasteiger partial charge in [-0.15, -0.1) is 4.99 Å². The maximum Gasteiger partial charge on any atom is 0.0842 e. The molecule has 0 aromatic rings. The van der Waals surface area contributed by atoms with Crippen molar-refractivity contribution in [3.63, 3.8) is 0 Å². The molecule has 1 heterocycles. The van der Waals surface area contributed by atoms with Gasteiger partial charge in [0.25, 0.3) is 0 Å². The van der Waals surface area contributed by atoms with Gasteiger partial charge in [0.1, 0.15) is 0 Å². The largest absolute Gasteiger partial charge is 0.218 e. The van der Waals surface area contributed by atoms with Crippen LogP contribution in [0.4, 0.5) is 0 Å². The predicted octanol–water partition coefficient (Wildman–Crippen LogP) is 0.623. The summed E-state index contributed by atoms with van der Waals surface area (Å²) in [7, 11) is 0. The van der Waals surface area contributed by atoms with Crippen molar-refractivity contribution in [2.24, 2.45) is 0 Å². The first-order chi connectivity index (χ1) is 4.00. The van der Waals surface area contributed by atoms with Gasteiger partial charge in [0.2, 0.25) is 0 Å². The Morgan fingerprint density at radius 1 is 1.12 bits per heavy atom. The van der Waals surface area contributed by atoms with Gasteiger partial charge in [0, 0.05) is 6.54 Å². The van der Waals surface area contributed by atoms with E-state index in [0.717, 1.165) is 13.0 Å². The van der Waals surface area contributed by atoms with E-state index in [2.05, 4.69) is 15.4 Å². The molecule has 48 valence electrons. The molecule has 0 aromatic heterocycles. The summed E-state index contributed by atoms with van der Waals surface area (Å²) in [6.07, 6.45) is 3.53. The highest BCUT2D eigenvalue weighted by Crippen LogP contribution is 1.97. The first kappa shape index (κ1) is 6.01. The summed E-state index contributed by atoms with van der Waals surface area (Å²) in [6, 6.07) is 0. The van der Waals surface area contributed by atoms with E-state index >= 15 is 0 Å². The number of rotatable bonds is 0. The Balaban J connectivity index is 2.00. The minimum absolute atomic E-state index is 0.715. The summed E-state index contributed by atoms with van der Waals surface area (Å²) >= 11 is 0. The molecule has 0 spiro atoms. The van der Waals surface area contributed by atoms with Crippen LogP contribution in [0.1, 0.15) is 19.3 Å². The average molecular weight is 117 g/mol. The lowest BCUT2D eigenvalue weighted by molar-refractivity contribution is -0.339. The summed E-state index contributed by atoms with van der Waals surface area (Å²) in [6.45, 7) is 1.62. The van der Waals surface area contributed by atoms with Crippen molar-refractivity contribution in [3.05, 3.63) is 0 Å². The van der Waals surface area contributed by atoms with Gasteiger partial charge < -0.3 is 0 Å². The van der Waals surface area contributed by atoms with E-state index in [1.165, 1.54) is 12.8 Å². The Morgan fingerprint density at radius 3 is 3.12 bits per heavy atom. The lowest BCUT2D eigenvalue weighted by Gasteiger charge is -2.07. The molecule has 1 saturated heterocycles. The van der Waals surface area contributed by atoms with Crippen LogP contribution >= 0.6 is 0 Å². The summed E-state index contributed by atoms with van der Waals surface area (Å²) in [5.74, 6) is 0. The standard InChI is InChI=1S/C5H11NO2/c1-2-4-6-8-7-5-3-1/h6H,1-5H2. The molecule has 0 unspecified atom stereocenters. The highest BCUT2D eigenvalue weighted by molar-refractivity contribution is 4.41. The van der Waals surface area contributed by atoms with Crippen molar-refractivity contribution < 1.29 is 9.88 Å². The second kappa shape index (κ2) is 3.83. The lowest BCUT2D eigenvalue weighted by atomic mass is 10.2. The van der Waals surface area contributed by atoms with E-state index in [9.17, 15) is 0 Å². The van der Waals surface area contributed by atoms with Gasteiger partial charge in [-0.3, -0.25) is 0 Å². The molecule has 0 radical (unpaired) electrons. The summed E-state index contributed by atoms with van der Waals surface area (Å²) in [5.41, 5.74) is 2.66. The smallest absolute Gasteiger partial charge is 0.0842 e. The molecule has 0 atom stereocenters. The zero-order chi connectivity index (χ0) is 5.66. The highest BCUT2D eigenvalue weighted by Gasteiger charge is 1.95. The van der Waals surface area contributed by atoms with Crippen LogP contribution in [0.25, 0.3) is 0 Å². The average Bonchev–Trinajstić information content (AvgIpc) is 1.62. The summed E-state index contributed by atoms with van der Waals surface area (Å²) < 4.78 is 0. The first-order valence-corrected chi connectivity index (χ1v) is 3.01. The van der Waals surface area contributed by atoms with Crippen LogP contribution in [0.2, 0.25) is 0 Å². The minimum atomic E-state index is 0.715. The molecular formula is C5H11NO2. The molecule has 1 rings (SSSR count). The lowest BCUT2D eigenvalue weighted by Crippen LogP contribution is -2.19. The van der Waals surface area contributed by atoms with Crippen LogP contribution < -0.4 is 5.48 Å². The predicted molar refractivity (Wildman–Crippen MR) is 28.9 cm³/mol. The fraction of sp³-hybridized carbons (Fsp3) is 1.00. The van der Waals surface area contributed by atoms with Crippen molar-refractivity contribution in [2.45, 2.75) is 19.3 Å². The van der Waals surface area contributed by atoms with Gasteiger partial charge in [-0.25, -0.2) is 4.89 Å². The zero-order valence-electron chi connectivity index (χ0n) is 4.85. The van der Waals surface area contributed by atoms with Crippen molar-refractivity contribution in [1.82, 2.24) is 5.48 Å². The molecule has 3 nitrogen and oxygen atoms in total. The van der Waals surface area contributed by atoms with Crippen LogP contribution in [-0.2, 0) is 9.88 Å². The number of hydrogen-bond donors (Lipinski definition) is 1. The van der Waals surface area contributed by atoms with E-state index in [1.807, 2.05) is 0 Å². The molecule has 0 aliphatic carbocycles. The van der Waals surface area contributed by atoms with Crippen molar-refractivity contribution in [1.29, 1.82) is 0 Å². The topological polar surface area (TPSA) is 30.5 Å². The van der Waals surface area contributed by atoms with Crippen molar-refractivity contribution >= 4 is 0 Å². The van der Waals surface area contributed by atoms with Crippen LogP contribution in [0.15, 0.2) is 0 Å². The summed E-state index contributed by atoms with van der Waals surface area (Å²) in [5, 5.41) is 0. The Hall–Kier alpha value is -0.120. The number of hydroxylamine groups is 1. The van der Waals surface area contributed by atoms with E-state index in [0.29, 0.717) is 6.61 Å². The normalized spacial score (nSPS) is 24.0. The third-order valence-electron chi connectivity index (χ3n) is 1.12. The second-order valence-electron chi connectivity index (χ2n) is 1.86. The van der Waals surface area contributed by atoms with Crippen LogP contribution in [0.5, 0.6) is 0 Å². The molecule has 1 fully saturated rings. The Bertz CT molecular complexity index is 34.4. The molecule has 0 aromatic carbocycles. The van der Waals surface area contributed by atoms with Crippen LogP contribution in [-0.4, -0.2) is 13.2 Å². The number of nitrogens with one attached hydrogen (secondary N) is 1. The molecule has 0 bridgehead atoms. The van der Waals surface area contributed by atoms with Crippen LogP contribution in [0.3, 0.4) is 0 Å². The first-order valence-electron chi connectivity index (χ1n) is 3.01. The van der Waals surface area contributed by atoms with Gasteiger partial charge >= 0.3 is 0 Å². The third-order valence-corrected chi connectivity index (χ3v) is 1.12. The van der Waals surface area contributed by atoms with E-state index in [1.54, 1.807) is 0 Å². The van der Waals surface area contributed by atoms with Crippen molar-refractivity contribution in [2.75, 3.05) is 13.2 Å². The van der Waals surface area contributed by atoms with E-state index in [-0.39, 0.29) is 0 Å². The molecule has 3 heteroatoms. The van der Waals surface area contributed by atoms with Gasteiger partial charge in [-0.2, -0.15) is 5.48 Å². The van der Waals surface area contributed by atoms with Gasteiger partial charge in [0.15, 0.2) is 0 Å². The SMILES string of the molecule is C1CCNOOCC1. The quantitative estimate of drug-likeness (QED) is 0.472. The molecule has 0 amide bonds. The maximum atomic E-state index is 4.66. The fourth-order valence-corrected chi connectivity index (χ4v) is 0.660. The molecule has 1 aliphatic heterocycles. The monoisotopic (exact) mass is 117 g/mol. The van der Waals surface area contributed by atoms with E-state index in [4.69, 9.17) is 0 Å².